The summed E-state index contributed by atoms with van der Waals surface area (Å²) in [6.07, 6.45) is 8.86. The standard InChI is InChI=1S/C13H12N2/c1-3-12-8-14-15(9-12)10-13-6-4-5-11(2)7-13/h1,4-9H,10H2,2H3. The summed E-state index contributed by atoms with van der Waals surface area (Å²) in [7, 11) is 0. The van der Waals surface area contributed by atoms with E-state index in [0.717, 1.165) is 12.1 Å². The smallest absolute Gasteiger partial charge is 0.0659 e. The van der Waals surface area contributed by atoms with Gasteiger partial charge < -0.3 is 0 Å². The highest BCUT2D eigenvalue weighted by Crippen LogP contribution is 2.06. The van der Waals surface area contributed by atoms with E-state index in [0.29, 0.717) is 0 Å². The molecule has 0 saturated heterocycles. The number of rotatable bonds is 2. The van der Waals surface area contributed by atoms with E-state index in [4.69, 9.17) is 6.42 Å². The fourth-order valence-electron chi connectivity index (χ4n) is 1.52. The molecule has 0 spiro atoms. The third kappa shape index (κ3) is 2.26. The highest BCUT2D eigenvalue weighted by molar-refractivity contribution is 5.27. The molecule has 2 aromatic rings. The maximum atomic E-state index is 5.28. The Morgan fingerprint density at radius 1 is 1.47 bits per heavy atom. The molecule has 2 heteroatoms. The Labute approximate surface area is 89.6 Å². The maximum Gasteiger partial charge on any atom is 0.0659 e. The molecular formula is C13H12N2. The van der Waals surface area contributed by atoms with Crippen molar-refractivity contribution in [3.8, 4) is 12.3 Å². The van der Waals surface area contributed by atoms with Gasteiger partial charge >= 0.3 is 0 Å². The number of nitrogens with zero attached hydrogens (tertiary/aromatic N) is 2. The summed E-state index contributed by atoms with van der Waals surface area (Å²) < 4.78 is 1.85. The number of hydrogen-bond donors (Lipinski definition) is 0. The molecule has 0 amide bonds. The Morgan fingerprint density at radius 3 is 3.00 bits per heavy atom. The third-order valence-corrected chi connectivity index (χ3v) is 2.23. The van der Waals surface area contributed by atoms with Gasteiger partial charge in [-0.05, 0) is 12.5 Å². The molecule has 1 aromatic carbocycles. The van der Waals surface area contributed by atoms with Crippen molar-refractivity contribution in [3.63, 3.8) is 0 Å². The Bertz CT molecular complexity index is 503. The largest absolute Gasteiger partial charge is 0.267 e. The molecule has 0 unspecified atom stereocenters. The van der Waals surface area contributed by atoms with Gasteiger partial charge in [-0.25, -0.2) is 0 Å². The quantitative estimate of drug-likeness (QED) is 0.673. The summed E-state index contributed by atoms with van der Waals surface area (Å²) >= 11 is 0. The van der Waals surface area contributed by atoms with Gasteiger partial charge in [0.15, 0.2) is 0 Å². The van der Waals surface area contributed by atoms with Gasteiger partial charge in [-0.2, -0.15) is 5.10 Å². The minimum absolute atomic E-state index is 0.767. The lowest BCUT2D eigenvalue weighted by atomic mass is 10.1. The fourth-order valence-corrected chi connectivity index (χ4v) is 1.52. The molecule has 1 heterocycles. The molecule has 2 rings (SSSR count). The Balaban J connectivity index is 2.19. The molecule has 0 fully saturated rings. The van der Waals surface area contributed by atoms with Gasteiger partial charge in [-0.15, -0.1) is 6.42 Å². The minimum Gasteiger partial charge on any atom is -0.267 e. The molecule has 0 radical (unpaired) electrons. The van der Waals surface area contributed by atoms with Crippen molar-refractivity contribution >= 4 is 0 Å². The van der Waals surface area contributed by atoms with E-state index in [9.17, 15) is 0 Å². The van der Waals surface area contributed by atoms with Crippen LogP contribution < -0.4 is 0 Å². The van der Waals surface area contributed by atoms with E-state index >= 15 is 0 Å². The summed E-state index contributed by atoms with van der Waals surface area (Å²) in [6, 6.07) is 8.37. The highest BCUT2D eigenvalue weighted by atomic mass is 15.3. The SMILES string of the molecule is C#Cc1cnn(Cc2cccc(C)c2)c1. The molecule has 0 aliphatic heterocycles. The molecule has 0 saturated carbocycles. The van der Waals surface area contributed by atoms with Crippen molar-refractivity contribution in [2.45, 2.75) is 13.5 Å². The normalized spacial score (nSPS) is 9.87. The van der Waals surface area contributed by atoms with Gasteiger partial charge in [-0.3, -0.25) is 4.68 Å². The first-order valence-corrected chi connectivity index (χ1v) is 4.82. The van der Waals surface area contributed by atoms with Crippen LogP contribution >= 0.6 is 0 Å². The molecule has 15 heavy (non-hydrogen) atoms. The fraction of sp³-hybridized carbons (Fsp3) is 0.154. The highest BCUT2D eigenvalue weighted by Gasteiger charge is 1.97. The first kappa shape index (κ1) is 9.54. The van der Waals surface area contributed by atoms with Crippen LogP contribution in [0, 0.1) is 19.3 Å². The molecule has 2 nitrogen and oxygen atoms in total. The molecule has 74 valence electrons. The van der Waals surface area contributed by atoms with Crippen LogP contribution in [0.1, 0.15) is 16.7 Å². The zero-order valence-corrected chi connectivity index (χ0v) is 8.64. The number of hydrogen-bond acceptors (Lipinski definition) is 1. The molecule has 0 aliphatic carbocycles. The van der Waals surface area contributed by atoms with Crippen LogP contribution in [0.4, 0.5) is 0 Å². The topological polar surface area (TPSA) is 17.8 Å². The first-order valence-electron chi connectivity index (χ1n) is 4.82. The first-order chi connectivity index (χ1) is 7.28. The van der Waals surface area contributed by atoms with Gasteiger partial charge in [0.1, 0.15) is 0 Å². The second kappa shape index (κ2) is 4.02. The van der Waals surface area contributed by atoms with Gasteiger partial charge in [0.2, 0.25) is 0 Å². The monoisotopic (exact) mass is 196 g/mol. The predicted molar refractivity (Wildman–Crippen MR) is 60.4 cm³/mol. The van der Waals surface area contributed by atoms with Gasteiger partial charge in [0.25, 0.3) is 0 Å². The molecular weight excluding hydrogens is 184 g/mol. The van der Waals surface area contributed by atoms with Crippen LogP contribution in [0.15, 0.2) is 36.7 Å². The molecule has 0 atom stereocenters. The summed E-state index contributed by atoms with van der Waals surface area (Å²) in [6.45, 7) is 2.85. The minimum atomic E-state index is 0.767. The van der Waals surface area contributed by atoms with Crippen molar-refractivity contribution in [3.05, 3.63) is 53.3 Å². The average Bonchev–Trinajstić information content (AvgIpc) is 2.65. The molecule has 0 aliphatic rings. The van der Waals surface area contributed by atoms with E-state index in [-0.39, 0.29) is 0 Å². The van der Waals surface area contributed by atoms with Crippen LogP contribution in [0.25, 0.3) is 0 Å². The van der Waals surface area contributed by atoms with E-state index in [1.165, 1.54) is 11.1 Å². The summed E-state index contributed by atoms with van der Waals surface area (Å²) in [5.74, 6) is 2.56. The number of aromatic nitrogens is 2. The lowest BCUT2D eigenvalue weighted by Gasteiger charge is -2.02. The Kier molecular flexibility index (Phi) is 2.55. The van der Waals surface area contributed by atoms with E-state index in [2.05, 4.69) is 42.2 Å². The van der Waals surface area contributed by atoms with Gasteiger partial charge in [0.05, 0.1) is 18.3 Å². The van der Waals surface area contributed by atoms with Crippen LogP contribution in [-0.4, -0.2) is 9.78 Å². The van der Waals surface area contributed by atoms with Gasteiger partial charge in [0, 0.05) is 6.20 Å². The van der Waals surface area contributed by atoms with Crippen molar-refractivity contribution in [1.29, 1.82) is 0 Å². The van der Waals surface area contributed by atoms with Crippen LogP contribution in [0.2, 0.25) is 0 Å². The van der Waals surface area contributed by atoms with Crippen molar-refractivity contribution in [2.75, 3.05) is 0 Å². The molecule has 0 N–H and O–H groups in total. The van der Waals surface area contributed by atoms with Crippen LogP contribution in [0.3, 0.4) is 0 Å². The average molecular weight is 196 g/mol. The zero-order valence-electron chi connectivity index (χ0n) is 8.64. The van der Waals surface area contributed by atoms with E-state index in [1.54, 1.807) is 6.20 Å². The van der Waals surface area contributed by atoms with Gasteiger partial charge in [-0.1, -0.05) is 35.7 Å². The maximum absolute atomic E-state index is 5.28. The van der Waals surface area contributed by atoms with Crippen LogP contribution in [0.5, 0.6) is 0 Å². The second-order valence-corrected chi connectivity index (χ2v) is 3.56. The Morgan fingerprint density at radius 2 is 2.33 bits per heavy atom. The summed E-state index contributed by atoms with van der Waals surface area (Å²) in [5.41, 5.74) is 3.32. The zero-order chi connectivity index (χ0) is 10.7. The lowest BCUT2D eigenvalue weighted by Crippen LogP contribution is -1.99. The Hall–Kier alpha value is -2.01. The number of aryl methyl sites for hydroxylation is 1. The number of terminal acetylenes is 1. The number of benzene rings is 1. The summed E-state index contributed by atoms with van der Waals surface area (Å²) in [5, 5.41) is 4.19. The summed E-state index contributed by atoms with van der Waals surface area (Å²) in [4.78, 5) is 0. The predicted octanol–water partition coefficient (Wildman–Crippen LogP) is 2.22. The van der Waals surface area contributed by atoms with Crippen molar-refractivity contribution in [1.82, 2.24) is 9.78 Å². The van der Waals surface area contributed by atoms with E-state index in [1.807, 2.05) is 10.9 Å². The van der Waals surface area contributed by atoms with Crippen LogP contribution in [-0.2, 0) is 6.54 Å². The van der Waals surface area contributed by atoms with Crippen molar-refractivity contribution in [2.24, 2.45) is 0 Å². The second-order valence-electron chi connectivity index (χ2n) is 3.56. The van der Waals surface area contributed by atoms with E-state index < -0.39 is 0 Å². The lowest BCUT2D eigenvalue weighted by molar-refractivity contribution is 0.686. The third-order valence-electron chi connectivity index (χ3n) is 2.23. The van der Waals surface area contributed by atoms with Crippen molar-refractivity contribution < 1.29 is 0 Å². The molecule has 1 aromatic heterocycles. The molecule has 0 bridgehead atoms.